The Labute approximate surface area is 112 Å². The predicted molar refractivity (Wildman–Crippen MR) is 70.0 cm³/mol. The third kappa shape index (κ3) is 2.94. The Morgan fingerprint density at radius 3 is 2.79 bits per heavy atom. The highest BCUT2D eigenvalue weighted by Crippen LogP contribution is 2.23. The first-order valence-corrected chi connectivity index (χ1v) is 6.36. The highest BCUT2D eigenvalue weighted by molar-refractivity contribution is 5.81. The summed E-state index contributed by atoms with van der Waals surface area (Å²) in [6.07, 6.45) is 0.796. The molecule has 104 valence electrons. The summed E-state index contributed by atoms with van der Waals surface area (Å²) >= 11 is 0. The minimum Gasteiger partial charge on any atom is -0.480 e. The highest BCUT2D eigenvalue weighted by atomic mass is 16.5. The molecule has 1 aromatic carbocycles. The Bertz CT molecular complexity index is 417. The number of carbonyl (C=O) groups is 1. The molecule has 0 aliphatic carbocycles. The summed E-state index contributed by atoms with van der Waals surface area (Å²) in [4.78, 5) is 11.7. The van der Waals surface area contributed by atoms with Crippen LogP contribution in [0.4, 0.5) is 0 Å². The van der Waals surface area contributed by atoms with E-state index >= 15 is 0 Å². The first-order valence-electron chi connectivity index (χ1n) is 6.36. The van der Waals surface area contributed by atoms with Crippen LogP contribution in [0.3, 0.4) is 0 Å². The lowest BCUT2D eigenvalue weighted by Crippen LogP contribution is -2.51. The molecule has 1 aliphatic rings. The molecule has 2 unspecified atom stereocenters. The van der Waals surface area contributed by atoms with Crippen LogP contribution >= 0.6 is 0 Å². The second-order valence-electron chi connectivity index (χ2n) is 4.62. The van der Waals surface area contributed by atoms with Gasteiger partial charge in [0.05, 0.1) is 19.3 Å². The van der Waals surface area contributed by atoms with Gasteiger partial charge in [0, 0.05) is 6.61 Å². The van der Waals surface area contributed by atoms with Gasteiger partial charge in [-0.3, -0.25) is 5.32 Å². The number of benzene rings is 1. The molecule has 5 heteroatoms. The average molecular weight is 265 g/mol. The molecule has 2 rings (SSSR count). The van der Waals surface area contributed by atoms with Crippen LogP contribution in [0.25, 0.3) is 0 Å². The zero-order valence-electron chi connectivity index (χ0n) is 11.0. The van der Waals surface area contributed by atoms with Crippen LogP contribution in [0.5, 0.6) is 0 Å². The van der Waals surface area contributed by atoms with Crippen molar-refractivity contribution < 1.29 is 19.4 Å². The standard InChI is InChI=1S/C14H19NO4/c1-15-14(13(16)17,11-5-3-2-4-6-11)10-19-12-7-8-18-9-12/h2-6,12,15H,7-10H2,1H3,(H,16,17). The third-order valence-corrected chi connectivity index (χ3v) is 3.48. The summed E-state index contributed by atoms with van der Waals surface area (Å²) in [7, 11) is 1.63. The Hall–Kier alpha value is -1.43. The summed E-state index contributed by atoms with van der Waals surface area (Å²) in [5.41, 5.74) is -0.534. The molecule has 1 fully saturated rings. The van der Waals surface area contributed by atoms with Gasteiger partial charge in [-0.05, 0) is 19.0 Å². The molecule has 1 heterocycles. The van der Waals surface area contributed by atoms with Crippen molar-refractivity contribution in [3.8, 4) is 0 Å². The number of hydrogen-bond acceptors (Lipinski definition) is 4. The topological polar surface area (TPSA) is 67.8 Å². The Kier molecular flexibility index (Phi) is 4.52. The van der Waals surface area contributed by atoms with E-state index < -0.39 is 11.5 Å². The van der Waals surface area contributed by atoms with Crippen molar-refractivity contribution in [3.05, 3.63) is 35.9 Å². The molecule has 1 aliphatic heterocycles. The highest BCUT2D eigenvalue weighted by Gasteiger charge is 2.40. The Balaban J connectivity index is 2.16. The third-order valence-electron chi connectivity index (χ3n) is 3.48. The van der Waals surface area contributed by atoms with Crippen LogP contribution in [-0.2, 0) is 19.8 Å². The van der Waals surface area contributed by atoms with Gasteiger partial charge in [0.1, 0.15) is 0 Å². The van der Waals surface area contributed by atoms with Crippen molar-refractivity contribution in [2.45, 2.75) is 18.1 Å². The number of aliphatic carboxylic acids is 1. The fourth-order valence-electron chi connectivity index (χ4n) is 2.20. The van der Waals surface area contributed by atoms with E-state index in [-0.39, 0.29) is 12.7 Å². The van der Waals surface area contributed by atoms with Crippen molar-refractivity contribution in [2.24, 2.45) is 0 Å². The maximum absolute atomic E-state index is 11.7. The van der Waals surface area contributed by atoms with Gasteiger partial charge in [0.25, 0.3) is 0 Å². The molecule has 0 aromatic heterocycles. The second kappa shape index (κ2) is 6.14. The fourth-order valence-corrected chi connectivity index (χ4v) is 2.20. The zero-order chi connectivity index (χ0) is 13.7. The summed E-state index contributed by atoms with van der Waals surface area (Å²) in [6, 6.07) is 9.09. The van der Waals surface area contributed by atoms with Crippen molar-refractivity contribution in [1.82, 2.24) is 5.32 Å². The van der Waals surface area contributed by atoms with Crippen LogP contribution in [0.2, 0.25) is 0 Å². The molecule has 2 N–H and O–H groups in total. The van der Waals surface area contributed by atoms with Gasteiger partial charge in [-0.2, -0.15) is 0 Å². The lowest BCUT2D eigenvalue weighted by molar-refractivity contribution is -0.149. The van der Waals surface area contributed by atoms with E-state index in [1.165, 1.54) is 0 Å². The van der Waals surface area contributed by atoms with Crippen molar-refractivity contribution in [3.63, 3.8) is 0 Å². The lowest BCUT2D eigenvalue weighted by atomic mass is 9.91. The number of likely N-dealkylation sites (N-methyl/N-ethyl adjacent to an activating group) is 1. The fraction of sp³-hybridized carbons (Fsp3) is 0.500. The van der Waals surface area contributed by atoms with Gasteiger partial charge >= 0.3 is 5.97 Å². The van der Waals surface area contributed by atoms with Gasteiger partial charge < -0.3 is 14.6 Å². The van der Waals surface area contributed by atoms with Crippen LogP contribution in [0, 0.1) is 0 Å². The van der Waals surface area contributed by atoms with Crippen LogP contribution in [0.15, 0.2) is 30.3 Å². The molecule has 0 radical (unpaired) electrons. The zero-order valence-corrected chi connectivity index (χ0v) is 11.0. The minimum atomic E-state index is -1.22. The summed E-state index contributed by atoms with van der Waals surface area (Å²) in [5, 5.41) is 12.5. The molecule has 1 saturated heterocycles. The van der Waals surface area contributed by atoms with Crippen LogP contribution in [0.1, 0.15) is 12.0 Å². The molecule has 5 nitrogen and oxygen atoms in total. The van der Waals surface area contributed by atoms with E-state index in [4.69, 9.17) is 9.47 Å². The van der Waals surface area contributed by atoms with E-state index in [1.54, 1.807) is 19.2 Å². The number of carboxylic acid groups (broad SMARTS) is 1. The SMILES string of the molecule is CNC(COC1CCOC1)(C(=O)O)c1ccccc1. The molecule has 0 spiro atoms. The van der Waals surface area contributed by atoms with E-state index in [9.17, 15) is 9.90 Å². The van der Waals surface area contributed by atoms with E-state index in [0.29, 0.717) is 18.8 Å². The summed E-state index contributed by atoms with van der Waals surface area (Å²) in [6.45, 7) is 1.29. The smallest absolute Gasteiger partial charge is 0.330 e. The van der Waals surface area contributed by atoms with E-state index in [2.05, 4.69) is 5.32 Å². The molecule has 19 heavy (non-hydrogen) atoms. The Morgan fingerprint density at radius 2 is 2.26 bits per heavy atom. The van der Waals surface area contributed by atoms with Gasteiger partial charge in [0.15, 0.2) is 5.54 Å². The number of ether oxygens (including phenoxy) is 2. The normalized spacial score (nSPS) is 22.1. The first kappa shape index (κ1) is 14.0. The largest absolute Gasteiger partial charge is 0.480 e. The van der Waals surface area contributed by atoms with Gasteiger partial charge in [0.2, 0.25) is 0 Å². The molecule has 1 aromatic rings. The number of rotatable bonds is 6. The van der Waals surface area contributed by atoms with Gasteiger partial charge in [-0.1, -0.05) is 30.3 Å². The predicted octanol–water partition coefficient (Wildman–Crippen LogP) is 0.991. The number of carboxylic acids is 1. The summed E-state index contributed by atoms with van der Waals surface area (Å²) in [5.74, 6) is -0.944. The van der Waals surface area contributed by atoms with Gasteiger partial charge in [-0.15, -0.1) is 0 Å². The second-order valence-corrected chi connectivity index (χ2v) is 4.62. The molecular weight excluding hydrogens is 246 g/mol. The van der Waals surface area contributed by atoms with Crippen molar-refractivity contribution in [1.29, 1.82) is 0 Å². The lowest BCUT2D eigenvalue weighted by Gasteiger charge is -2.30. The average Bonchev–Trinajstić information content (AvgIpc) is 2.94. The molecule has 0 saturated carbocycles. The van der Waals surface area contributed by atoms with Crippen LogP contribution < -0.4 is 5.32 Å². The van der Waals surface area contributed by atoms with Crippen LogP contribution in [-0.4, -0.2) is 44.0 Å². The molecule has 2 atom stereocenters. The summed E-state index contributed by atoms with van der Waals surface area (Å²) < 4.78 is 10.9. The van der Waals surface area contributed by atoms with Crippen molar-refractivity contribution in [2.75, 3.05) is 26.9 Å². The number of nitrogens with one attached hydrogen (secondary N) is 1. The maximum Gasteiger partial charge on any atom is 0.330 e. The molecule has 0 amide bonds. The van der Waals surface area contributed by atoms with E-state index in [0.717, 1.165) is 6.42 Å². The minimum absolute atomic E-state index is 0.0178. The first-order chi connectivity index (χ1) is 9.19. The maximum atomic E-state index is 11.7. The van der Waals surface area contributed by atoms with Crippen molar-refractivity contribution >= 4 is 5.97 Å². The molecule has 0 bridgehead atoms. The van der Waals surface area contributed by atoms with E-state index in [1.807, 2.05) is 18.2 Å². The van der Waals surface area contributed by atoms with Gasteiger partial charge in [-0.25, -0.2) is 4.79 Å². The quantitative estimate of drug-likeness (QED) is 0.803. The number of hydrogen-bond donors (Lipinski definition) is 2. The molecular formula is C14H19NO4. The Morgan fingerprint density at radius 1 is 1.53 bits per heavy atom. The monoisotopic (exact) mass is 265 g/mol.